The van der Waals surface area contributed by atoms with Gasteiger partial charge in [-0.05, 0) is 43.7 Å². The lowest BCUT2D eigenvalue weighted by Gasteiger charge is -2.09. The minimum Gasteiger partial charge on any atom is -0.444 e. The summed E-state index contributed by atoms with van der Waals surface area (Å²) >= 11 is 5.91. The third-order valence-electron chi connectivity index (χ3n) is 3.96. The standard InChI is InChI=1S/C19H19ClN2O3S/c1-13-3-6-15(7-4-13)19-22-17(12-25-19)9-10-21-26(23,24)18-11-16(20)8-5-14(18)2/h3-8,11-12,21H,9-10H2,1-2H3. The first-order valence-electron chi connectivity index (χ1n) is 8.12. The predicted octanol–water partition coefficient (Wildman–Crippen LogP) is 4.13. The number of rotatable bonds is 6. The SMILES string of the molecule is Cc1ccc(-c2nc(CCNS(=O)(=O)c3cc(Cl)ccc3C)co2)cc1. The molecule has 0 amide bonds. The van der Waals surface area contributed by atoms with Crippen LogP contribution in [0.2, 0.25) is 5.02 Å². The number of aryl methyl sites for hydroxylation is 2. The minimum atomic E-state index is -3.63. The Labute approximate surface area is 158 Å². The van der Waals surface area contributed by atoms with Gasteiger partial charge in [0, 0.05) is 23.6 Å². The molecule has 0 aliphatic rings. The number of halogens is 1. The van der Waals surface area contributed by atoms with E-state index in [0.717, 1.165) is 11.1 Å². The summed E-state index contributed by atoms with van der Waals surface area (Å²) in [5.41, 5.74) is 3.37. The molecule has 0 spiro atoms. The minimum absolute atomic E-state index is 0.186. The van der Waals surface area contributed by atoms with E-state index in [4.69, 9.17) is 16.0 Å². The fraction of sp³-hybridized carbons (Fsp3) is 0.211. The first-order chi connectivity index (χ1) is 12.3. The van der Waals surface area contributed by atoms with Gasteiger partial charge in [-0.1, -0.05) is 35.4 Å². The first-order valence-corrected chi connectivity index (χ1v) is 9.98. The highest BCUT2D eigenvalue weighted by Crippen LogP contribution is 2.21. The fourth-order valence-corrected chi connectivity index (χ4v) is 4.04. The lowest BCUT2D eigenvalue weighted by molar-refractivity contribution is 0.570. The number of nitrogens with one attached hydrogen (secondary N) is 1. The zero-order valence-corrected chi connectivity index (χ0v) is 16.1. The van der Waals surface area contributed by atoms with Gasteiger partial charge < -0.3 is 4.42 Å². The van der Waals surface area contributed by atoms with Crippen LogP contribution in [0.3, 0.4) is 0 Å². The highest BCUT2D eigenvalue weighted by atomic mass is 35.5. The topological polar surface area (TPSA) is 72.2 Å². The number of benzene rings is 2. The van der Waals surface area contributed by atoms with Crippen LogP contribution in [0.4, 0.5) is 0 Å². The second kappa shape index (κ2) is 7.61. The number of nitrogens with zero attached hydrogens (tertiary/aromatic N) is 1. The van der Waals surface area contributed by atoms with Crippen molar-refractivity contribution >= 4 is 21.6 Å². The summed E-state index contributed by atoms with van der Waals surface area (Å²) in [5, 5.41) is 0.384. The molecule has 1 heterocycles. The van der Waals surface area contributed by atoms with Crippen LogP contribution in [0.25, 0.3) is 11.5 Å². The van der Waals surface area contributed by atoms with Gasteiger partial charge in [0.2, 0.25) is 15.9 Å². The molecule has 136 valence electrons. The zero-order chi connectivity index (χ0) is 18.7. The molecule has 0 atom stereocenters. The predicted molar refractivity (Wildman–Crippen MR) is 102 cm³/mol. The van der Waals surface area contributed by atoms with E-state index in [1.54, 1.807) is 25.3 Å². The van der Waals surface area contributed by atoms with Crippen molar-refractivity contribution in [2.45, 2.75) is 25.2 Å². The Morgan fingerprint density at radius 1 is 1.12 bits per heavy atom. The van der Waals surface area contributed by atoms with E-state index in [-0.39, 0.29) is 11.4 Å². The Morgan fingerprint density at radius 3 is 2.58 bits per heavy atom. The van der Waals surface area contributed by atoms with E-state index in [2.05, 4.69) is 9.71 Å². The normalized spacial score (nSPS) is 11.7. The number of hydrogen-bond donors (Lipinski definition) is 1. The number of aromatic nitrogens is 1. The van der Waals surface area contributed by atoms with Gasteiger partial charge in [0.15, 0.2) is 0 Å². The first kappa shape index (κ1) is 18.6. The van der Waals surface area contributed by atoms with Crippen LogP contribution in [0.5, 0.6) is 0 Å². The second-order valence-electron chi connectivity index (χ2n) is 6.07. The smallest absolute Gasteiger partial charge is 0.240 e. The van der Waals surface area contributed by atoms with Crippen LogP contribution >= 0.6 is 11.6 Å². The van der Waals surface area contributed by atoms with E-state index in [9.17, 15) is 8.42 Å². The molecule has 26 heavy (non-hydrogen) atoms. The summed E-state index contributed by atoms with van der Waals surface area (Å²) in [7, 11) is -3.63. The quantitative estimate of drug-likeness (QED) is 0.686. The van der Waals surface area contributed by atoms with E-state index in [0.29, 0.717) is 28.6 Å². The number of sulfonamides is 1. The number of oxazole rings is 1. The molecule has 0 saturated heterocycles. The van der Waals surface area contributed by atoms with Crippen molar-refractivity contribution in [1.82, 2.24) is 9.71 Å². The molecule has 0 radical (unpaired) electrons. The van der Waals surface area contributed by atoms with Gasteiger partial charge in [0.1, 0.15) is 6.26 Å². The Bertz CT molecular complexity index is 1010. The van der Waals surface area contributed by atoms with Crippen molar-refractivity contribution in [3.63, 3.8) is 0 Å². The maximum Gasteiger partial charge on any atom is 0.240 e. The van der Waals surface area contributed by atoms with Crippen LogP contribution in [0.15, 0.2) is 58.0 Å². The van der Waals surface area contributed by atoms with Gasteiger partial charge in [-0.2, -0.15) is 0 Å². The Morgan fingerprint density at radius 2 is 1.85 bits per heavy atom. The Kier molecular flexibility index (Phi) is 5.46. The summed E-state index contributed by atoms with van der Waals surface area (Å²) in [6, 6.07) is 12.7. The highest BCUT2D eigenvalue weighted by molar-refractivity contribution is 7.89. The fourth-order valence-electron chi connectivity index (χ4n) is 2.51. The number of hydrogen-bond acceptors (Lipinski definition) is 4. The molecule has 0 fully saturated rings. The van der Waals surface area contributed by atoms with Crippen LogP contribution in [0, 0.1) is 13.8 Å². The van der Waals surface area contributed by atoms with Crippen molar-refractivity contribution < 1.29 is 12.8 Å². The van der Waals surface area contributed by atoms with Crippen LogP contribution in [-0.2, 0) is 16.4 Å². The molecule has 3 rings (SSSR count). The lowest BCUT2D eigenvalue weighted by Crippen LogP contribution is -2.26. The van der Waals surface area contributed by atoms with Crippen LogP contribution in [-0.4, -0.2) is 19.9 Å². The second-order valence-corrected chi connectivity index (χ2v) is 8.24. The molecular formula is C19H19ClN2O3S. The van der Waals surface area contributed by atoms with Crippen molar-refractivity contribution in [3.8, 4) is 11.5 Å². The van der Waals surface area contributed by atoms with E-state index in [1.165, 1.54) is 6.07 Å². The largest absolute Gasteiger partial charge is 0.444 e. The van der Waals surface area contributed by atoms with E-state index >= 15 is 0 Å². The van der Waals surface area contributed by atoms with Gasteiger partial charge in [0.05, 0.1) is 10.6 Å². The van der Waals surface area contributed by atoms with Gasteiger partial charge in [-0.25, -0.2) is 18.1 Å². The molecule has 5 nitrogen and oxygen atoms in total. The molecule has 0 unspecified atom stereocenters. The highest BCUT2D eigenvalue weighted by Gasteiger charge is 2.17. The van der Waals surface area contributed by atoms with Crippen molar-refractivity contribution in [1.29, 1.82) is 0 Å². The maximum absolute atomic E-state index is 12.4. The van der Waals surface area contributed by atoms with Crippen molar-refractivity contribution in [2.75, 3.05) is 6.54 Å². The summed E-state index contributed by atoms with van der Waals surface area (Å²) in [6.45, 7) is 3.96. The third kappa shape index (κ3) is 4.33. The molecule has 1 aromatic heterocycles. The van der Waals surface area contributed by atoms with Gasteiger partial charge in [-0.3, -0.25) is 0 Å². The molecule has 0 aliphatic carbocycles. The average molecular weight is 391 g/mol. The zero-order valence-electron chi connectivity index (χ0n) is 14.5. The average Bonchev–Trinajstić information content (AvgIpc) is 3.06. The maximum atomic E-state index is 12.4. The molecule has 0 aliphatic heterocycles. The molecule has 1 N–H and O–H groups in total. The molecule has 0 bridgehead atoms. The third-order valence-corrected chi connectivity index (χ3v) is 5.80. The van der Waals surface area contributed by atoms with E-state index < -0.39 is 10.0 Å². The van der Waals surface area contributed by atoms with Gasteiger partial charge in [-0.15, -0.1) is 0 Å². The van der Waals surface area contributed by atoms with Crippen molar-refractivity contribution in [3.05, 3.63) is 70.6 Å². The Hall–Kier alpha value is -2.15. The molecular weight excluding hydrogens is 372 g/mol. The monoisotopic (exact) mass is 390 g/mol. The van der Waals surface area contributed by atoms with Gasteiger partial charge in [0.25, 0.3) is 0 Å². The lowest BCUT2D eigenvalue weighted by atomic mass is 10.1. The molecule has 2 aromatic carbocycles. The molecule has 3 aromatic rings. The molecule has 0 saturated carbocycles. The summed E-state index contributed by atoms with van der Waals surface area (Å²) < 4.78 is 32.9. The van der Waals surface area contributed by atoms with Gasteiger partial charge >= 0.3 is 0 Å². The summed E-state index contributed by atoms with van der Waals surface area (Å²) in [4.78, 5) is 4.60. The summed E-state index contributed by atoms with van der Waals surface area (Å²) in [5.74, 6) is 0.522. The van der Waals surface area contributed by atoms with Crippen LogP contribution in [0.1, 0.15) is 16.8 Å². The van der Waals surface area contributed by atoms with Crippen molar-refractivity contribution in [2.24, 2.45) is 0 Å². The molecule has 7 heteroatoms. The van der Waals surface area contributed by atoms with E-state index in [1.807, 2.05) is 31.2 Å². The summed E-state index contributed by atoms with van der Waals surface area (Å²) in [6.07, 6.45) is 1.97. The van der Waals surface area contributed by atoms with Crippen LogP contribution < -0.4 is 4.72 Å². The Balaban J connectivity index is 1.65.